The first kappa shape index (κ1) is 23.2. The van der Waals surface area contributed by atoms with E-state index in [0.29, 0.717) is 44.3 Å². The maximum Gasteiger partial charge on any atom is 0.573 e. The highest BCUT2D eigenvalue weighted by molar-refractivity contribution is 6.00. The summed E-state index contributed by atoms with van der Waals surface area (Å²) >= 11 is 0. The molecule has 2 amide bonds. The van der Waals surface area contributed by atoms with Crippen LogP contribution in [0.3, 0.4) is 0 Å². The van der Waals surface area contributed by atoms with E-state index in [4.69, 9.17) is 4.74 Å². The van der Waals surface area contributed by atoms with E-state index in [9.17, 15) is 27.9 Å². The zero-order valence-corrected chi connectivity index (χ0v) is 17.5. The highest BCUT2D eigenvalue weighted by atomic mass is 19.4. The van der Waals surface area contributed by atoms with Gasteiger partial charge < -0.3 is 24.8 Å². The third kappa shape index (κ3) is 6.03. The van der Waals surface area contributed by atoms with Crippen LogP contribution in [0.25, 0.3) is 0 Å². The van der Waals surface area contributed by atoms with Crippen LogP contribution in [0.4, 0.5) is 23.7 Å². The second kappa shape index (κ2) is 8.57. The second-order valence-electron chi connectivity index (χ2n) is 8.80. The maximum absolute atomic E-state index is 13.1. The molecule has 1 heterocycles. The Labute approximate surface area is 178 Å². The van der Waals surface area contributed by atoms with Crippen LogP contribution in [0, 0.1) is 5.41 Å². The molecule has 1 saturated carbocycles. The number of carbonyl (C=O) groups excluding carboxylic acids is 2. The van der Waals surface area contributed by atoms with Crippen molar-refractivity contribution in [3.63, 3.8) is 0 Å². The summed E-state index contributed by atoms with van der Waals surface area (Å²) in [4.78, 5) is 26.6. The van der Waals surface area contributed by atoms with Gasteiger partial charge in [0, 0.05) is 18.8 Å². The summed E-state index contributed by atoms with van der Waals surface area (Å²) < 4.78 is 46.2. The molecule has 3 rings (SSSR count). The number of aliphatic hydroxyl groups is 1. The number of nitrogens with one attached hydrogen (secondary N) is 1. The topological polar surface area (TPSA) is 88.1 Å². The van der Waals surface area contributed by atoms with Crippen LogP contribution >= 0.6 is 0 Å². The quantitative estimate of drug-likeness (QED) is 0.722. The smallest absolute Gasteiger partial charge is 0.446 e. The summed E-state index contributed by atoms with van der Waals surface area (Å²) in [6.07, 6.45) is -2.77. The highest BCUT2D eigenvalue weighted by Crippen LogP contribution is 2.46. The van der Waals surface area contributed by atoms with Crippen molar-refractivity contribution in [2.75, 3.05) is 18.0 Å². The van der Waals surface area contributed by atoms with E-state index in [0.717, 1.165) is 0 Å². The molecule has 0 unspecified atom stereocenters. The van der Waals surface area contributed by atoms with E-state index >= 15 is 0 Å². The van der Waals surface area contributed by atoms with Crippen LogP contribution in [0.2, 0.25) is 0 Å². The van der Waals surface area contributed by atoms with Crippen molar-refractivity contribution >= 4 is 17.7 Å². The molecule has 0 radical (unpaired) electrons. The minimum Gasteiger partial charge on any atom is -0.446 e. The minimum atomic E-state index is -4.76. The number of hydrogen-bond donors (Lipinski definition) is 2. The normalized spacial score (nSPS) is 24.4. The molecule has 172 valence electrons. The number of carbonyl (C=O) groups is 2. The lowest BCUT2D eigenvalue weighted by molar-refractivity contribution is -0.274. The predicted octanol–water partition coefficient (Wildman–Crippen LogP) is 3.75. The van der Waals surface area contributed by atoms with Gasteiger partial charge in [-0.3, -0.25) is 4.79 Å². The molecule has 1 aliphatic carbocycles. The molecule has 1 spiro atoms. The molecular weight excluding hydrogens is 417 g/mol. The molecule has 10 heteroatoms. The lowest BCUT2D eigenvalue weighted by Crippen LogP contribution is -2.42. The van der Waals surface area contributed by atoms with Gasteiger partial charge in [-0.15, -0.1) is 13.2 Å². The Bertz CT molecular complexity index is 797. The van der Waals surface area contributed by atoms with E-state index in [2.05, 4.69) is 10.1 Å². The molecule has 1 aromatic rings. The third-order valence-electron chi connectivity index (χ3n) is 5.72. The zero-order valence-electron chi connectivity index (χ0n) is 17.5. The van der Waals surface area contributed by atoms with Gasteiger partial charge in [0.15, 0.2) is 0 Å². The van der Waals surface area contributed by atoms with Gasteiger partial charge in [-0.25, -0.2) is 4.79 Å². The van der Waals surface area contributed by atoms with Crippen LogP contribution in [0.5, 0.6) is 5.75 Å². The lowest BCUT2D eigenvalue weighted by Gasteiger charge is -2.35. The molecule has 2 fully saturated rings. The minimum absolute atomic E-state index is 0.0538. The second-order valence-corrected chi connectivity index (χ2v) is 8.80. The van der Waals surface area contributed by atoms with E-state index < -0.39 is 23.5 Å². The molecule has 2 N–H and O–H groups in total. The Morgan fingerprint density at radius 2 is 1.81 bits per heavy atom. The monoisotopic (exact) mass is 444 g/mol. The number of alkyl carbamates (subject to hydrolysis) is 1. The summed E-state index contributed by atoms with van der Waals surface area (Å²) in [6, 6.07) is 5.27. The van der Waals surface area contributed by atoms with Crippen molar-refractivity contribution in [1.82, 2.24) is 5.32 Å². The Balaban J connectivity index is 1.54. The average molecular weight is 444 g/mol. The largest absolute Gasteiger partial charge is 0.573 e. The number of hydrogen-bond acceptors (Lipinski definition) is 5. The molecule has 0 atom stereocenters. The van der Waals surface area contributed by atoms with E-state index in [1.54, 1.807) is 18.7 Å². The summed E-state index contributed by atoms with van der Waals surface area (Å²) in [5.41, 5.74) is -1.04. The Hall–Kier alpha value is -2.49. The van der Waals surface area contributed by atoms with Crippen LogP contribution in [0.15, 0.2) is 24.3 Å². The van der Waals surface area contributed by atoms with E-state index in [1.807, 2.05) is 0 Å². The van der Waals surface area contributed by atoms with Gasteiger partial charge in [-0.1, -0.05) is 0 Å². The van der Waals surface area contributed by atoms with E-state index in [-0.39, 0.29) is 24.3 Å². The van der Waals surface area contributed by atoms with Crippen LogP contribution in [-0.4, -0.2) is 48.3 Å². The number of anilines is 1. The van der Waals surface area contributed by atoms with Gasteiger partial charge in [-0.05, 0) is 70.2 Å². The summed E-state index contributed by atoms with van der Waals surface area (Å²) in [5.74, 6) is -0.389. The first-order valence-electron chi connectivity index (χ1n) is 10.2. The number of nitrogens with zero attached hydrogens (tertiary/aromatic N) is 1. The fourth-order valence-corrected chi connectivity index (χ4v) is 4.10. The number of alkyl halides is 3. The van der Waals surface area contributed by atoms with Crippen LogP contribution in [-0.2, 0) is 9.53 Å². The molecule has 7 nitrogen and oxygen atoms in total. The fourth-order valence-electron chi connectivity index (χ4n) is 4.10. The van der Waals surface area contributed by atoms with Crippen molar-refractivity contribution in [2.24, 2.45) is 5.41 Å². The SMILES string of the molecule is CC(C)(O)CNC(=O)O[C@H]1CC[C@]2(CCN(c3ccc(OC(F)(F)F)cc3)C2=O)CC1. The molecule has 1 aromatic carbocycles. The van der Waals surface area contributed by atoms with E-state index in [1.165, 1.54) is 24.3 Å². The standard InChI is InChI=1S/C21H27F3N2O5/c1-19(2,29)13-25-18(28)30-15-7-9-20(10-8-15)11-12-26(17(20)27)14-3-5-16(6-4-14)31-21(22,23)24/h3-6,15,29H,7-13H2,1-2H3,(H,25,28)/t15-,20+. The van der Waals surface area contributed by atoms with Gasteiger partial charge in [0.25, 0.3) is 0 Å². The molecule has 0 bridgehead atoms. The first-order valence-corrected chi connectivity index (χ1v) is 10.2. The van der Waals surface area contributed by atoms with Crippen molar-refractivity contribution in [3.05, 3.63) is 24.3 Å². The number of benzene rings is 1. The van der Waals surface area contributed by atoms with Gasteiger partial charge in [-0.2, -0.15) is 0 Å². The van der Waals surface area contributed by atoms with Gasteiger partial charge in [0.05, 0.1) is 11.0 Å². The summed E-state index contributed by atoms with van der Waals surface area (Å²) in [7, 11) is 0. The number of amides is 2. The lowest BCUT2D eigenvalue weighted by atomic mass is 9.72. The number of rotatable bonds is 5. The van der Waals surface area contributed by atoms with Crippen LogP contribution < -0.4 is 15.0 Å². The van der Waals surface area contributed by atoms with Gasteiger partial charge >= 0.3 is 12.5 Å². The molecule has 0 aromatic heterocycles. The highest BCUT2D eigenvalue weighted by Gasteiger charge is 2.49. The Morgan fingerprint density at radius 1 is 1.19 bits per heavy atom. The fraction of sp³-hybridized carbons (Fsp3) is 0.619. The predicted molar refractivity (Wildman–Crippen MR) is 106 cm³/mol. The first-order chi connectivity index (χ1) is 14.4. The molecule has 1 aliphatic heterocycles. The van der Waals surface area contributed by atoms with Crippen molar-refractivity contribution < 1.29 is 37.3 Å². The molecule has 1 saturated heterocycles. The van der Waals surface area contributed by atoms with Crippen molar-refractivity contribution in [2.45, 2.75) is 64.0 Å². The Morgan fingerprint density at radius 3 is 2.35 bits per heavy atom. The summed E-state index contributed by atoms with van der Waals surface area (Å²) in [6.45, 7) is 3.70. The Kier molecular flexibility index (Phi) is 6.40. The van der Waals surface area contributed by atoms with Crippen molar-refractivity contribution in [1.29, 1.82) is 0 Å². The molecular formula is C21H27F3N2O5. The van der Waals surface area contributed by atoms with Gasteiger partial charge in [0.2, 0.25) is 5.91 Å². The number of ether oxygens (including phenoxy) is 2. The maximum atomic E-state index is 13.1. The third-order valence-corrected chi connectivity index (χ3v) is 5.72. The number of halogens is 3. The van der Waals surface area contributed by atoms with Gasteiger partial charge in [0.1, 0.15) is 11.9 Å². The zero-order chi connectivity index (χ0) is 22.9. The van der Waals surface area contributed by atoms with Crippen molar-refractivity contribution in [3.8, 4) is 5.75 Å². The van der Waals surface area contributed by atoms with Crippen LogP contribution in [0.1, 0.15) is 46.0 Å². The average Bonchev–Trinajstić information content (AvgIpc) is 2.97. The molecule has 2 aliphatic rings. The summed E-state index contributed by atoms with van der Waals surface area (Å²) in [5, 5.41) is 12.2. The molecule has 31 heavy (non-hydrogen) atoms.